The lowest BCUT2D eigenvalue weighted by molar-refractivity contribution is 0.00578. The highest BCUT2D eigenvalue weighted by Crippen LogP contribution is 2.41. The number of halogens is 3. The van der Waals surface area contributed by atoms with E-state index < -0.39 is 55.9 Å². The van der Waals surface area contributed by atoms with Crippen molar-refractivity contribution in [3.05, 3.63) is 110 Å². The van der Waals surface area contributed by atoms with Crippen LogP contribution in [-0.4, -0.2) is 96.6 Å². The van der Waals surface area contributed by atoms with Crippen molar-refractivity contribution in [3.63, 3.8) is 0 Å². The molecular formula is C52H60BF2IN6O10S2. The van der Waals surface area contributed by atoms with Crippen LogP contribution < -0.4 is 19.2 Å². The topological polar surface area (TPSA) is 203 Å². The number of rotatable bonds is 13. The van der Waals surface area contributed by atoms with Crippen molar-refractivity contribution in [1.29, 1.82) is 0 Å². The molecule has 6 aromatic rings. The molecule has 2 aliphatic rings. The highest BCUT2D eigenvalue weighted by atomic mass is 127. The third-order valence-corrected chi connectivity index (χ3v) is 16.4. The van der Waals surface area contributed by atoms with Crippen molar-refractivity contribution in [3.8, 4) is 22.6 Å². The third kappa shape index (κ3) is 12.0. The lowest BCUT2D eigenvalue weighted by Crippen LogP contribution is -2.41. The van der Waals surface area contributed by atoms with E-state index in [1.807, 2.05) is 64.1 Å². The molecular weight excluding hydrogens is 1110 g/mol. The van der Waals surface area contributed by atoms with Gasteiger partial charge in [-0.25, -0.2) is 25.6 Å². The molecule has 0 saturated carbocycles. The maximum Gasteiger partial charge on any atom is 0.489 e. The Bertz CT molecular complexity index is 3380. The van der Waals surface area contributed by atoms with E-state index in [0.29, 0.717) is 50.4 Å². The van der Waals surface area contributed by atoms with E-state index in [4.69, 9.17) is 18.1 Å². The number of nitrogens with zero attached hydrogens (tertiary/aromatic N) is 4. The summed E-state index contributed by atoms with van der Waals surface area (Å²) in [5.74, 6) is -0.649. The summed E-state index contributed by atoms with van der Waals surface area (Å²) >= 11 is 2.02. The minimum atomic E-state index is -3.68. The number of anilines is 2. The van der Waals surface area contributed by atoms with E-state index in [9.17, 15) is 35.2 Å². The van der Waals surface area contributed by atoms with Crippen molar-refractivity contribution in [2.75, 3.05) is 48.3 Å². The molecule has 0 bridgehead atoms. The van der Waals surface area contributed by atoms with Gasteiger partial charge in [0.25, 0.3) is 11.8 Å². The molecule has 2 aromatic carbocycles. The second-order valence-electron chi connectivity index (χ2n) is 19.2. The molecule has 6 heterocycles. The Morgan fingerprint density at radius 2 is 1.32 bits per heavy atom. The fraction of sp³-hybridized carbons (Fsp3) is 0.385. The molecule has 2 N–H and O–H groups in total. The monoisotopic (exact) mass is 1170 g/mol. The molecule has 8 rings (SSSR count). The van der Waals surface area contributed by atoms with Crippen LogP contribution in [0.2, 0.25) is 0 Å². The number of carbonyl (C=O) groups excluding carboxylic acids is 2. The predicted molar refractivity (Wildman–Crippen MR) is 294 cm³/mol. The van der Waals surface area contributed by atoms with E-state index in [2.05, 4.69) is 32.8 Å². The standard InChI is InChI=1S/C29H36BFIN3O6S.C23H24FN3O4S/c1-18(30-40-28(2,3)29(4,5)41-30)11-9-8-10-16-35(42(7,37)38)25-22(32)17-21-23(26(36)33-6)24(39-27(21)34-25)19-12-14-20(31)15-13-19;1-14-7-5-4-6-12-27(32(3,29)30)21-17(14)13-18-19(22(28)25-2)20(31-23(18)26-21)15-8-10-16(24)11-9-15/h11-15,17H,8-10,16H2,1-7H3,(H,33,36);7-11,13H,4-6,12H2,1-3H3,(H,25,28)/b18-11+;14-7+. The molecule has 0 radical (unpaired) electrons. The maximum atomic E-state index is 13.6. The Morgan fingerprint density at radius 1 is 0.811 bits per heavy atom. The molecule has 1 saturated heterocycles. The van der Waals surface area contributed by atoms with Crippen LogP contribution in [0.1, 0.15) is 106 Å². The highest BCUT2D eigenvalue weighted by molar-refractivity contribution is 14.1. The highest BCUT2D eigenvalue weighted by Gasteiger charge is 2.51. The number of fused-ring (bicyclic) bond motifs is 3. The largest absolute Gasteiger partial charge is 0.489 e. The van der Waals surface area contributed by atoms with Gasteiger partial charge < -0.3 is 28.8 Å². The zero-order valence-electron chi connectivity index (χ0n) is 43.0. The second-order valence-corrected chi connectivity index (χ2v) is 24.2. The lowest BCUT2D eigenvalue weighted by Gasteiger charge is -2.32. The third-order valence-electron chi connectivity index (χ3n) is 13.3. The molecule has 4 aromatic heterocycles. The Hall–Kier alpha value is -5.69. The number of allylic oxidation sites excluding steroid dienone is 4. The minimum Gasteiger partial charge on any atom is -0.437 e. The minimum absolute atomic E-state index is 0.109. The average Bonchev–Trinajstić information content (AvgIpc) is 3.98. The zero-order valence-corrected chi connectivity index (χ0v) is 46.8. The van der Waals surface area contributed by atoms with Crippen molar-refractivity contribution in [2.45, 2.75) is 91.3 Å². The van der Waals surface area contributed by atoms with Gasteiger partial charge in [0.15, 0.2) is 11.6 Å². The first-order chi connectivity index (χ1) is 34.8. The summed E-state index contributed by atoms with van der Waals surface area (Å²) in [6.07, 6.45) is 10.8. The Labute approximate surface area is 444 Å². The van der Waals surface area contributed by atoms with Crippen molar-refractivity contribution in [1.82, 2.24) is 20.6 Å². The van der Waals surface area contributed by atoms with Gasteiger partial charge in [0, 0.05) is 43.9 Å². The molecule has 2 aliphatic heterocycles. The molecule has 16 nitrogen and oxygen atoms in total. The van der Waals surface area contributed by atoms with Crippen LogP contribution in [0.15, 0.2) is 87.1 Å². The molecule has 0 atom stereocenters. The van der Waals surface area contributed by atoms with E-state index in [0.717, 1.165) is 49.2 Å². The van der Waals surface area contributed by atoms with E-state index in [1.165, 1.54) is 71.2 Å². The smallest absolute Gasteiger partial charge is 0.437 e. The van der Waals surface area contributed by atoms with Gasteiger partial charge in [-0.3, -0.25) is 18.2 Å². The van der Waals surface area contributed by atoms with Gasteiger partial charge in [0.1, 0.15) is 23.2 Å². The number of aromatic nitrogens is 2. The normalized spacial score (nSPS) is 16.6. The fourth-order valence-corrected chi connectivity index (χ4v) is 11.2. The van der Waals surface area contributed by atoms with Gasteiger partial charge in [0.2, 0.25) is 31.5 Å². The molecule has 0 aliphatic carbocycles. The van der Waals surface area contributed by atoms with Crippen molar-refractivity contribution < 1.29 is 53.3 Å². The second kappa shape index (κ2) is 22.3. The number of hydrogen-bond acceptors (Lipinski definition) is 12. The van der Waals surface area contributed by atoms with Gasteiger partial charge in [-0.15, -0.1) is 0 Å². The molecule has 0 spiro atoms. The van der Waals surface area contributed by atoms with Crippen LogP contribution in [0.25, 0.3) is 50.4 Å². The lowest BCUT2D eigenvalue weighted by atomic mass is 9.79. The van der Waals surface area contributed by atoms with Gasteiger partial charge in [0.05, 0.1) is 49.2 Å². The first kappa shape index (κ1) is 56.1. The maximum absolute atomic E-state index is 13.6. The molecule has 74 heavy (non-hydrogen) atoms. The Morgan fingerprint density at radius 3 is 1.82 bits per heavy atom. The van der Waals surface area contributed by atoms with Crippen LogP contribution in [0.3, 0.4) is 0 Å². The number of carbonyl (C=O) groups is 2. The molecule has 1 fully saturated rings. The number of furan rings is 2. The van der Waals surface area contributed by atoms with Crippen LogP contribution in [-0.2, 0) is 29.4 Å². The SMILES string of the molecule is CNC(=O)c1c(-c2ccc(F)cc2)oc2nc(N(CCCC/C=C(\C)B3OC(C)(C)C(C)(C)O3)S(C)(=O)=O)c(I)cc12.CNC(=O)c1c(-c2ccc(F)cc2)oc2nc3c(cc12)/C(C)=C/CCCCN3S(C)(=O)=O. The number of amides is 2. The first-order valence-electron chi connectivity index (χ1n) is 24.0. The van der Waals surface area contributed by atoms with Gasteiger partial charge >= 0.3 is 7.12 Å². The summed E-state index contributed by atoms with van der Waals surface area (Å²) in [5.41, 5.74) is 3.42. The van der Waals surface area contributed by atoms with Gasteiger partial charge in [-0.1, -0.05) is 12.2 Å². The van der Waals surface area contributed by atoms with Crippen LogP contribution in [0.4, 0.5) is 20.4 Å². The zero-order chi connectivity index (χ0) is 54.1. The van der Waals surface area contributed by atoms with Crippen LogP contribution in [0, 0.1) is 15.2 Å². The van der Waals surface area contributed by atoms with Gasteiger partial charge in [-0.2, -0.15) is 9.97 Å². The van der Waals surface area contributed by atoms with Crippen molar-refractivity contribution in [2.24, 2.45) is 0 Å². The summed E-state index contributed by atoms with van der Waals surface area (Å²) in [4.78, 5) is 34.8. The summed E-state index contributed by atoms with van der Waals surface area (Å²) < 4.78 is 105. The van der Waals surface area contributed by atoms with Crippen molar-refractivity contribution >= 4 is 101 Å². The van der Waals surface area contributed by atoms with E-state index >= 15 is 0 Å². The predicted octanol–water partition coefficient (Wildman–Crippen LogP) is 10.5. The molecule has 394 valence electrons. The molecule has 0 unspecified atom stereocenters. The summed E-state index contributed by atoms with van der Waals surface area (Å²) in [5, 5.41) is 6.11. The molecule has 22 heteroatoms. The Balaban J connectivity index is 0.000000224. The van der Waals surface area contributed by atoms with E-state index in [1.54, 1.807) is 12.1 Å². The Kier molecular flexibility index (Phi) is 16.9. The number of unbranched alkanes of at least 4 members (excludes halogenated alkanes) is 2. The number of nitrogens with one attached hydrogen (secondary N) is 2. The van der Waals surface area contributed by atoms with Crippen LogP contribution >= 0.6 is 22.6 Å². The van der Waals surface area contributed by atoms with Gasteiger partial charge in [-0.05, 0) is 174 Å². The number of hydrogen-bond donors (Lipinski definition) is 2. The number of benzene rings is 2. The average molecular weight is 1170 g/mol. The number of pyridine rings is 2. The number of sulfonamides is 2. The molecule has 2 amide bonds. The van der Waals surface area contributed by atoms with Crippen LogP contribution in [0.5, 0.6) is 0 Å². The fourth-order valence-electron chi connectivity index (χ4n) is 8.51. The van der Waals surface area contributed by atoms with E-state index in [-0.39, 0.29) is 58.2 Å². The summed E-state index contributed by atoms with van der Waals surface area (Å²) in [7, 11) is -4.67. The summed E-state index contributed by atoms with van der Waals surface area (Å²) in [6.45, 7) is 12.4. The first-order valence-corrected chi connectivity index (χ1v) is 28.7. The summed E-state index contributed by atoms with van der Waals surface area (Å²) in [6, 6.07) is 14.6. The quantitative estimate of drug-likeness (QED) is 0.0630.